The van der Waals surface area contributed by atoms with Gasteiger partial charge in [-0.3, -0.25) is 4.79 Å². The predicted octanol–water partition coefficient (Wildman–Crippen LogP) is 4.09. The average molecular weight is 417 g/mol. The fourth-order valence-corrected chi connectivity index (χ4v) is 4.09. The number of amides is 1. The predicted molar refractivity (Wildman–Crippen MR) is 116 cm³/mol. The number of aliphatic hydroxyl groups is 2. The molecule has 6 nitrogen and oxygen atoms in total. The Labute approximate surface area is 180 Å². The van der Waals surface area contributed by atoms with Gasteiger partial charge >= 0.3 is 0 Å². The van der Waals surface area contributed by atoms with Gasteiger partial charge in [0, 0.05) is 38.2 Å². The molecule has 1 aromatic carbocycles. The molecule has 0 aromatic heterocycles. The van der Waals surface area contributed by atoms with Gasteiger partial charge in [-0.05, 0) is 51.3 Å². The number of unbranched alkanes of at least 4 members (excludes halogenated alkanes) is 5. The molecule has 166 valence electrons. The minimum atomic E-state index is -0.297. The largest absolute Gasteiger partial charge is 0.487 e. The second kappa shape index (κ2) is 11.9. The van der Waals surface area contributed by atoms with Gasteiger partial charge < -0.3 is 19.8 Å². The first-order valence-electron chi connectivity index (χ1n) is 11.2. The lowest BCUT2D eigenvalue weighted by Crippen LogP contribution is -2.42. The highest BCUT2D eigenvalue weighted by Gasteiger charge is 2.39. The SMILES string of the molecule is CC1(C)CC(N2CCCC2=O)c2cc(C#N)ccc2O1.OCCCCCCCCO. The molecule has 3 rings (SSSR count). The smallest absolute Gasteiger partial charge is 0.223 e. The second-order valence-corrected chi connectivity index (χ2v) is 8.71. The van der Waals surface area contributed by atoms with Gasteiger partial charge in [-0.25, -0.2) is 0 Å². The molecule has 1 atom stereocenters. The van der Waals surface area contributed by atoms with E-state index in [1.807, 2.05) is 30.9 Å². The van der Waals surface area contributed by atoms with E-state index in [4.69, 9.17) is 20.2 Å². The molecule has 2 aliphatic heterocycles. The fraction of sp³-hybridized carbons (Fsp3) is 0.667. The Balaban J connectivity index is 0.000000274. The van der Waals surface area contributed by atoms with E-state index in [0.29, 0.717) is 25.2 Å². The van der Waals surface area contributed by atoms with E-state index in [9.17, 15) is 4.79 Å². The molecule has 0 bridgehead atoms. The van der Waals surface area contributed by atoms with Gasteiger partial charge in [0.05, 0.1) is 17.7 Å². The zero-order valence-corrected chi connectivity index (χ0v) is 18.4. The number of hydrogen-bond donors (Lipinski definition) is 2. The van der Waals surface area contributed by atoms with Crippen molar-refractivity contribution in [1.82, 2.24) is 4.90 Å². The molecule has 0 aliphatic carbocycles. The number of benzene rings is 1. The van der Waals surface area contributed by atoms with Crippen molar-refractivity contribution < 1.29 is 19.7 Å². The molecule has 1 saturated heterocycles. The highest BCUT2D eigenvalue weighted by molar-refractivity contribution is 5.78. The molecule has 2 heterocycles. The third kappa shape index (κ3) is 7.00. The van der Waals surface area contributed by atoms with Crippen LogP contribution in [0.25, 0.3) is 0 Å². The molecule has 1 fully saturated rings. The number of hydrogen-bond acceptors (Lipinski definition) is 5. The summed E-state index contributed by atoms with van der Waals surface area (Å²) in [5.41, 5.74) is 1.29. The van der Waals surface area contributed by atoms with Crippen molar-refractivity contribution in [2.45, 2.75) is 83.3 Å². The van der Waals surface area contributed by atoms with Crippen molar-refractivity contribution in [3.05, 3.63) is 29.3 Å². The van der Waals surface area contributed by atoms with Crippen LogP contribution in [0.3, 0.4) is 0 Å². The minimum Gasteiger partial charge on any atom is -0.487 e. The average Bonchev–Trinajstić information content (AvgIpc) is 3.15. The van der Waals surface area contributed by atoms with Crippen LogP contribution in [0.5, 0.6) is 5.75 Å². The molecular weight excluding hydrogens is 380 g/mol. The molecule has 1 unspecified atom stereocenters. The Morgan fingerprint density at radius 1 is 1.13 bits per heavy atom. The third-order valence-corrected chi connectivity index (χ3v) is 5.62. The molecule has 2 aliphatic rings. The van der Waals surface area contributed by atoms with Crippen LogP contribution in [0, 0.1) is 11.3 Å². The van der Waals surface area contributed by atoms with E-state index in [1.165, 1.54) is 12.8 Å². The van der Waals surface area contributed by atoms with Crippen LogP contribution in [-0.4, -0.2) is 46.4 Å². The number of carbonyl (C=O) groups is 1. The van der Waals surface area contributed by atoms with E-state index < -0.39 is 0 Å². The summed E-state index contributed by atoms with van der Waals surface area (Å²) in [7, 11) is 0. The lowest BCUT2D eigenvalue weighted by Gasteiger charge is -2.41. The van der Waals surface area contributed by atoms with Gasteiger partial charge in [0.1, 0.15) is 11.4 Å². The van der Waals surface area contributed by atoms with Crippen LogP contribution < -0.4 is 4.74 Å². The summed E-state index contributed by atoms with van der Waals surface area (Å²) in [6.07, 6.45) is 8.82. The molecule has 2 N–H and O–H groups in total. The normalized spacial score (nSPS) is 19.4. The molecule has 6 heteroatoms. The molecule has 1 amide bonds. The first kappa shape index (κ1) is 24.2. The zero-order valence-electron chi connectivity index (χ0n) is 18.4. The minimum absolute atomic E-state index is 0.0250. The maximum Gasteiger partial charge on any atom is 0.223 e. The molecule has 1 aromatic rings. The second-order valence-electron chi connectivity index (χ2n) is 8.71. The van der Waals surface area contributed by atoms with E-state index in [0.717, 1.165) is 56.4 Å². The van der Waals surface area contributed by atoms with Gasteiger partial charge in [0.25, 0.3) is 0 Å². The Hall–Kier alpha value is -2.10. The van der Waals surface area contributed by atoms with Crippen molar-refractivity contribution in [1.29, 1.82) is 5.26 Å². The Bertz CT molecular complexity index is 718. The Morgan fingerprint density at radius 3 is 2.30 bits per heavy atom. The number of rotatable bonds is 8. The maximum atomic E-state index is 12.1. The van der Waals surface area contributed by atoms with Crippen molar-refractivity contribution in [3.8, 4) is 11.8 Å². The van der Waals surface area contributed by atoms with Crippen LogP contribution >= 0.6 is 0 Å². The zero-order chi connectivity index (χ0) is 22.0. The van der Waals surface area contributed by atoms with Crippen molar-refractivity contribution >= 4 is 5.91 Å². The summed E-state index contributed by atoms with van der Waals surface area (Å²) >= 11 is 0. The van der Waals surface area contributed by atoms with Crippen molar-refractivity contribution in [2.24, 2.45) is 0 Å². The van der Waals surface area contributed by atoms with Crippen LogP contribution in [0.15, 0.2) is 18.2 Å². The summed E-state index contributed by atoms with van der Waals surface area (Å²) in [6.45, 7) is 5.53. The van der Waals surface area contributed by atoms with Crippen LogP contribution in [0.2, 0.25) is 0 Å². The Kier molecular flexibility index (Phi) is 9.61. The first-order chi connectivity index (χ1) is 14.4. The highest BCUT2D eigenvalue weighted by Crippen LogP contribution is 2.44. The molecule has 30 heavy (non-hydrogen) atoms. The van der Waals surface area contributed by atoms with Crippen molar-refractivity contribution in [3.63, 3.8) is 0 Å². The van der Waals surface area contributed by atoms with Gasteiger partial charge in [0.2, 0.25) is 5.91 Å². The van der Waals surface area contributed by atoms with Gasteiger partial charge in [-0.2, -0.15) is 5.26 Å². The number of nitrogens with zero attached hydrogens (tertiary/aromatic N) is 2. The summed E-state index contributed by atoms with van der Waals surface area (Å²) in [4.78, 5) is 14.0. The standard InChI is InChI=1S/C16H18N2O2.C8H18O2/c1-16(2)9-13(18-7-3-4-15(18)19)12-8-11(10-17)5-6-14(12)20-16;9-7-5-3-1-2-4-6-8-10/h5-6,8,13H,3-4,7,9H2,1-2H3;9-10H,1-8H2. The van der Waals surface area contributed by atoms with Crippen LogP contribution in [-0.2, 0) is 4.79 Å². The van der Waals surface area contributed by atoms with Crippen molar-refractivity contribution in [2.75, 3.05) is 19.8 Å². The number of likely N-dealkylation sites (tertiary alicyclic amines) is 1. The first-order valence-corrected chi connectivity index (χ1v) is 11.2. The van der Waals surface area contributed by atoms with E-state index in [2.05, 4.69) is 6.07 Å². The number of nitriles is 1. The molecule has 0 radical (unpaired) electrons. The van der Waals surface area contributed by atoms with Gasteiger partial charge in [-0.15, -0.1) is 0 Å². The quantitative estimate of drug-likeness (QED) is 0.623. The number of ether oxygens (including phenoxy) is 1. The molecular formula is C24H36N2O4. The lowest BCUT2D eigenvalue weighted by molar-refractivity contribution is -0.131. The van der Waals surface area contributed by atoms with Crippen LogP contribution in [0.1, 0.15) is 88.8 Å². The van der Waals surface area contributed by atoms with Gasteiger partial charge in [-0.1, -0.05) is 25.7 Å². The lowest BCUT2D eigenvalue weighted by atomic mass is 9.88. The van der Waals surface area contributed by atoms with E-state index in [1.54, 1.807) is 6.07 Å². The summed E-state index contributed by atoms with van der Waals surface area (Å²) in [6, 6.07) is 7.66. The topological polar surface area (TPSA) is 93.8 Å². The van der Waals surface area contributed by atoms with Crippen LogP contribution in [0.4, 0.5) is 0 Å². The molecule has 0 spiro atoms. The summed E-state index contributed by atoms with van der Waals surface area (Å²) in [5.74, 6) is 1.01. The van der Waals surface area contributed by atoms with E-state index in [-0.39, 0.29) is 17.6 Å². The fourth-order valence-electron chi connectivity index (χ4n) is 4.09. The number of carbonyl (C=O) groups excluding carboxylic acids is 1. The number of fused-ring (bicyclic) bond motifs is 1. The summed E-state index contributed by atoms with van der Waals surface area (Å²) < 4.78 is 6.00. The third-order valence-electron chi connectivity index (χ3n) is 5.62. The summed E-state index contributed by atoms with van der Waals surface area (Å²) in [5, 5.41) is 25.9. The number of aliphatic hydroxyl groups excluding tert-OH is 2. The van der Waals surface area contributed by atoms with E-state index >= 15 is 0 Å². The van der Waals surface area contributed by atoms with Gasteiger partial charge in [0.15, 0.2) is 0 Å². The monoisotopic (exact) mass is 416 g/mol. The Morgan fingerprint density at radius 2 is 1.77 bits per heavy atom. The maximum absolute atomic E-state index is 12.1. The molecule has 0 saturated carbocycles. The highest BCUT2D eigenvalue weighted by atomic mass is 16.5.